The molecule has 1 fully saturated rings. The van der Waals surface area contributed by atoms with E-state index >= 15 is 0 Å². The van der Waals surface area contributed by atoms with Crippen molar-refractivity contribution < 1.29 is 18.3 Å². The molecule has 0 saturated carbocycles. The number of carbonyl (C=O) groups is 1. The summed E-state index contributed by atoms with van der Waals surface area (Å²) < 4.78 is 26.4. The zero-order chi connectivity index (χ0) is 15.8. The number of hydrogen-bond acceptors (Lipinski definition) is 4. The van der Waals surface area contributed by atoms with Gasteiger partial charge in [-0.2, -0.15) is 9.57 Å². The maximum Gasteiger partial charge on any atom is 0.322 e. The molecule has 0 radical (unpaired) electrons. The lowest BCUT2D eigenvalue weighted by Gasteiger charge is -2.25. The molecule has 2 atom stereocenters. The molecule has 0 aliphatic carbocycles. The number of carboxylic acid groups (broad SMARTS) is 1. The van der Waals surface area contributed by atoms with Crippen molar-refractivity contribution in [3.05, 3.63) is 28.8 Å². The van der Waals surface area contributed by atoms with Crippen LogP contribution in [0.4, 0.5) is 0 Å². The Morgan fingerprint density at radius 3 is 2.71 bits per heavy atom. The Labute approximate surface area is 127 Å². The first-order valence-corrected chi connectivity index (χ1v) is 8.07. The van der Waals surface area contributed by atoms with Crippen LogP contribution < -0.4 is 0 Å². The highest BCUT2D eigenvalue weighted by atomic mass is 35.5. The molecule has 1 N–H and O–H groups in total. The predicted octanol–water partition coefficient (Wildman–Crippen LogP) is 1.84. The van der Waals surface area contributed by atoms with Gasteiger partial charge in [0.15, 0.2) is 0 Å². The molecular weight excluding hydrogens is 316 g/mol. The van der Waals surface area contributed by atoms with Gasteiger partial charge in [0.2, 0.25) is 10.0 Å². The molecule has 8 heteroatoms. The van der Waals surface area contributed by atoms with Gasteiger partial charge in [0.05, 0.1) is 5.56 Å². The van der Waals surface area contributed by atoms with E-state index in [1.165, 1.54) is 18.2 Å². The Hall–Kier alpha value is -1.62. The topological polar surface area (TPSA) is 98.5 Å². The summed E-state index contributed by atoms with van der Waals surface area (Å²) in [6, 6.07) is 4.11. The van der Waals surface area contributed by atoms with Crippen LogP contribution in [0.3, 0.4) is 0 Å². The van der Waals surface area contributed by atoms with Gasteiger partial charge in [-0.15, -0.1) is 0 Å². The Balaban J connectivity index is 2.57. The minimum atomic E-state index is -4.07. The van der Waals surface area contributed by atoms with E-state index in [1.807, 2.05) is 0 Å². The van der Waals surface area contributed by atoms with Gasteiger partial charge in [0.1, 0.15) is 17.0 Å². The van der Waals surface area contributed by atoms with Gasteiger partial charge in [-0.25, -0.2) is 8.42 Å². The highest BCUT2D eigenvalue weighted by Crippen LogP contribution is 2.32. The summed E-state index contributed by atoms with van der Waals surface area (Å²) >= 11 is 5.76. The largest absolute Gasteiger partial charge is 0.480 e. The van der Waals surface area contributed by atoms with E-state index in [0.717, 1.165) is 4.31 Å². The minimum Gasteiger partial charge on any atom is -0.480 e. The first-order valence-electron chi connectivity index (χ1n) is 6.25. The van der Waals surface area contributed by atoms with Gasteiger partial charge in [-0.1, -0.05) is 11.6 Å². The maximum absolute atomic E-state index is 12.7. The first-order chi connectivity index (χ1) is 9.78. The molecular formula is C13H13ClN2O4S. The summed E-state index contributed by atoms with van der Waals surface area (Å²) in [5.41, 5.74) is -0.0919. The summed E-state index contributed by atoms with van der Waals surface area (Å²) in [7, 11) is -4.07. The molecule has 1 saturated heterocycles. The fourth-order valence-electron chi connectivity index (χ4n) is 2.53. The van der Waals surface area contributed by atoms with Crippen molar-refractivity contribution in [1.29, 1.82) is 5.26 Å². The SMILES string of the molecule is C[C@@H]1CC[C@H](C(=O)O)N1S(=O)(=O)c1ccc(Cl)cc1C#N. The lowest BCUT2D eigenvalue weighted by atomic mass is 10.2. The van der Waals surface area contributed by atoms with Gasteiger partial charge in [-0.3, -0.25) is 4.79 Å². The van der Waals surface area contributed by atoms with Crippen molar-refractivity contribution in [2.75, 3.05) is 0 Å². The van der Waals surface area contributed by atoms with E-state index in [9.17, 15) is 18.3 Å². The van der Waals surface area contributed by atoms with Crippen LogP contribution >= 0.6 is 11.6 Å². The normalized spacial score (nSPS) is 22.9. The average Bonchev–Trinajstić information content (AvgIpc) is 2.81. The third kappa shape index (κ3) is 2.75. The van der Waals surface area contributed by atoms with Crippen molar-refractivity contribution in [3.63, 3.8) is 0 Å². The van der Waals surface area contributed by atoms with E-state index < -0.39 is 28.1 Å². The fraction of sp³-hybridized carbons (Fsp3) is 0.385. The number of benzene rings is 1. The standard InChI is InChI=1S/C13H13ClN2O4S/c1-8-2-4-11(13(17)18)16(8)21(19,20)12-5-3-10(14)6-9(12)7-15/h3,5-6,8,11H,2,4H2,1H3,(H,17,18)/t8-,11-/m1/s1. The van der Waals surface area contributed by atoms with Crippen molar-refractivity contribution >= 4 is 27.6 Å². The molecule has 0 bridgehead atoms. The van der Waals surface area contributed by atoms with Gasteiger partial charge < -0.3 is 5.11 Å². The zero-order valence-corrected chi connectivity index (χ0v) is 12.7. The smallest absolute Gasteiger partial charge is 0.322 e. The van der Waals surface area contributed by atoms with E-state index in [1.54, 1.807) is 13.0 Å². The molecule has 1 aliphatic rings. The lowest BCUT2D eigenvalue weighted by molar-refractivity contribution is -0.140. The van der Waals surface area contributed by atoms with E-state index in [0.29, 0.717) is 6.42 Å². The van der Waals surface area contributed by atoms with Gasteiger partial charge in [0.25, 0.3) is 0 Å². The van der Waals surface area contributed by atoms with Gasteiger partial charge in [-0.05, 0) is 38.0 Å². The number of rotatable bonds is 3. The second-order valence-corrected chi connectivity index (χ2v) is 7.12. The maximum atomic E-state index is 12.7. The highest BCUT2D eigenvalue weighted by molar-refractivity contribution is 7.89. The molecule has 112 valence electrons. The van der Waals surface area contributed by atoms with Crippen molar-refractivity contribution in [2.45, 2.75) is 36.7 Å². The molecule has 1 aromatic carbocycles. The third-order valence-electron chi connectivity index (χ3n) is 3.50. The zero-order valence-electron chi connectivity index (χ0n) is 11.2. The molecule has 0 amide bonds. The molecule has 0 unspecified atom stereocenters. The molecule has 6 nitrogen and oxygen atoms in total. The Morgan fingerprint density at radius 2 is 2.14 bits per heavy atom. The molecule has 2 rings (SSSR count). The molecule has 1 aromatic rings. The average molecular weight is 329 g/mol. The third-order valence-corrected chi connectivity index (χ3v) is 5.82. The van der Waals surface area contributed by atoms with Crippen LogP contribution in [0.1, 0.15) is 25.3 Å². The number of carboxylic acids is 1. The van der Waals surface area contributed by atoms with Crippen molar-refractivity contribution in [1.82, 2.24) is 4.31 Å². The Kier molecular flexibility index (Phi) is 4.23. The summed E-state index contributed by atoms with van der Waals surface area (Å²) in [6.07, 6.45) is 0.719. The number of sulfonamides is 1. The Morgan fingerprint density at radius 1 is 1.48 bits per heavy atom. The van der Waals surface area contributed by atoms with Gasteiger partial charge >= 0.3 is 5.97 Å². The monoisotopic (exact) mass is 328 g/mol. The summed E-state index contributed by atoms with van der Waals surface area (Å²) in [5.74, 6) is -1.18. The molecule has 0 aromatic heterocycles. The second kappa shape index (κ2) is 5.64. The second-order valence-electron chi connectivity index (χ2n) is 4.87. The first kappa shape index (κ1) is 15.8. The van der Waals surface area contributed by atoms with E-state index in [-0.39, 0.29) is 21.9 Å². The number of nitrogens with zero attached hydrogens (tertiary/aromatic N) is 2. The van der Waals surface area contributed by atoms with Crippen molar-refractivity contribution in [2.24, 2.45) is 0 Å². The number of aliphatic carboxylic acids is 1. The minimum absolute atomic E-state index is 0.0919. The molecule has 1 heterocycles. The molecule has 21 heavy (non-hydrogen) atoms. The van der Waals surface area contributed by atoms with Crippen LogP contribution in [0.15, 0.2) is 23.1 Å². The predicted molar refractivity (Wildman–Crippen MR) is 75.3 cm³/mol. The molecule has 1 aliphatic heterocycles. The van der Waals surface area contributed by atoms with Crippen LogP contribution in [0.5, 0.6) is 0 Å². The summed E-state index contributed by atoms with van der Waals surface area (Å²) in [5, 5.41) is 18.5. The number of halogens is 1. The van der Waals surface area contributed by atoms with Gasteiger partial charge in [0, 0.05) is 11.1 Å². The summed E-state index contributed by atoms with van der Waals surface area (Å²) in [6.45, 7) is 1.66. The number of hydrogen-bond donors (Lipinski definition) is 1. The number of nitriles is 1. The Bertz CT molecular complexity index is 726. The van der Waals surface area contributed by atoms with Crippen LogP contribution in [-0.4, -0.2) is 35.9 Å². The highest BCUT2D eigenvalue weighted by Gasteiger charge is 2.44. The van der Waals surface area contributed by atoms with Crippen LogP contribution in [0, 0.1) is 11.3 Å². The lowest BCUT2D eigenvalue weighted by Crippen LogP contribution is -2.44. The van der Waals surface area contributed by atoms with Crippen molar-refractivity contribution in [3.8, 4) is 6.07 Å². The quantitative estimate of drug-likeness (QED) is 0.912. The fourth-order valence-corrected chi connectivity index (χ4v) is 4.66. The summed E-state index contributed by atoms with van der Waals surface area (Å²) in [4.78, 5) is 11.0. The van der Waals surface area contributed by atoms with Crippen LogP contribution in [-0.2, 0) is 14.8 Å². The van der Waals surface area contributed by atoms with Crippen LogP contribution in [0.2, 0.25) is 5.02 Å². The molecule has 0 spiro atoms. The van der Waals surface area contributed by atoms with Crippen LogP contribution in [0.25, 0.3) is 0 Å². The van der Waals surface area contributed by atoms with E-state index in [4.69, 9.17) is 16.9 Å². The van der Waals surface area contributed by atoms with E-state index in [2.05, 4.69) is 0 Å².